The minimum Gasteiger partial charge on any atom is -0.327 e. The van der Waals surface area contributed by atoms with E-state index < -0.39 is 15.8 Å². The first-order chi connectivity index (χ1) is 9.80. The first-order valence-corrected chi connectivity index (χ1v) is 8.90. The third kappa shape index (κ3) is 2.97. The van der Waals surface area contributed by atoms with Crippen molar-refractivity contribution in [3.8, 4) is 0 Å². The van der Waals surface area contributed by atoms with Crippen molar-refractivity contribution in [1.82, 2.24) is 4.31 Å². The van der Waals surface area contributed by atoms with Crippen LogP contribution in [0.5, 0.6) is 0 Å². The zero-order valence-electron chi connectivity index (χ0n) is 11.5. The minimum absolute atomic E-state index is 0. The van der Waals surface area contributed by atoms with Crippen molar-refractivity contribution in [2.24, 2.45) is 17.6 Å². The first kappa shape index (κ1) is 18.2. The van der Waals surface area contributed by atoms with Crippen molar-refractivity contribution in [1.29, 1.82) is 0 Å². The van der Waals surface area contributed by atoms with Crippen LogP contribution in [0.25, 0.3) is 0 Å². The summed E-state index contributed by atoms with van der Waals surface area (Å²) in [5, 5.41) is -0.386. The summed E-state index contributed by atoms with van der Waals surface area (Å²) < 4.78 is 40.0. The lowest BCUT2D eigenvalue weighted by Gasteiger charge is -2.20. The standard InChI is InChI=1S/C13H15Cl2FN2O2S.ClH/c14-10-3-8(16)4-11(15)13(10)21(19,20)18-5-7-1-2-12(17)9(7)6-18;/h3-4,7,9,12H,1-2,5-6,17H2;1H. The normalized spacial score (nSPS) is 28.5. The second-order valence-electron chi connectivity index (χ2n) is 5.69. The summed E-state index contributed by atoms with van der Waals surface area (Å²) in [6, 6.07) is 1.96. The first-order valence-electron chi connectivity index (χ1n) is 6.71. The predicted molar refractivity (Wildman–Crippen MR) is 86.6 cm³/mol. The molecule has 0 bridgehead atoms. The molecule has 0 amide bonds. The molecule has 3 unspecified atom stereocenters. The van der Waals surface area contributed by atoms with Crippen molar-refractivity contribution in [2.45, 2.75) is 23.8 Å². The van der Waals surface area contributed by atoms with E-state index >= 15 is 0 Å². The number of sulfonamides is 1. The molecule has 2 N–H and O–H groups in total. The number of rotatable bonds is 2. The monoisotopic (exact) mass is 388 g/mol. The zero-order chi connectivity index (χ0) is 15.4. The van der Waals surface area contributed by atoms with Gasteiger partial charge in [-0.15, -0.1) is 12.4 Å². The van der Waals surface area contributed by atoms with Crippen molar-refractivity contribution >= 4 is 45.6 Å². The number of benzene rings is 1. The molecule has 3 rings (SSSR count). The van der Waals surface area contributed by atoms with Crippen molar-refractivity contribution in [3.63, 3.8) is 0 Å². The molecule has 1 aliphatic carbocycles. The van der Waals surface area contributed by atoms with Gasteiger partial charge < -0.3 is 5.73 Å². The number of hydrogen-bond acceptors (Lipinski definition) is 3. The Kier molecular flexibility index (Phi) is 5.32. The lowest BCUT2D eigenvalue weighted by Crippen LogP contribution is -2.33. The van der Waals surface area contributed by atoms with Gasteiger partial charge in [-0.1, -0.05) is 23.2 Å². The number of nitrogens with zero attached hydrogens (tertiary/aromatic N) is 1. The second kappa shape index (κ2) is 6.42. The highest BCUT2D eigenvalue weighted by atomic mass is 35.5. The lowest BCUT2D eigenvalue weighted by atomic mass is 9.98. The van der Waals surface area contributed by atoms with Crippen LogP contribution in [0, 0.1) is 17.7 Å². The predicted octanol–water partition coefficient (Wildman–Crippen LogP) is 2.91. The van der Waals surface area contributed by atoms with Crippen LogP contribution < -0.4 is 5.73 Å². The van der Waals surface area contributed by atoms with Crippen LogP contribution in [-0.2, 0) is 10.0 Å². The number of nitrogens with two attached hydrogens (primary N) is 1. The lowest BCUT2D eigenvalue weighted by molar-refractivity contribution is 0.427. The van der Waals surface area contributed by atoms with Crippen LogP contribution in [0.3, 0.4) is 0 Å². The molecule has 0 aromatic heterocycles. The maximum absolute atomic E-state index is 13.2. The molecule has 1 aliphatic heterocycles. The third-order valence-corrected chi connectivity index (χ3v) is 7.19. The Morgan fingerprint density at radius 3 is 2.32 bits per heavy atom. The van der Waals surface area contributed by atoms with Gasteiger partial charge in [0.2, 0.25) is 10.0 Å². The average Bonchev–Trinajstić information content (AvgIpc) is 2.90. The van der Waals surface area contributed by atoms with Gasteiger partial charge >= 0.3 is 0 Å². The quantitative estimate of drug-likeness (QED) is 0.846. The molecule has 1 aromatic rings. The maximum atomic E-state index is 13.2. The third-order valence-electron chi connectivity index (χ3n) is 4.44. The van der Waals surface area contributed by atoms with Crippen LogP contribution in [0.15, 0.2) is 17.0 Å². The van der Waals surface area contributed by atoms with Crippen molar-refractivity contribution in [2.75, 3.05) is 13.1 Å². The van der Waals surface area contributed by atoms with Crippen LogP contribution in [0.4, 0.5) is 4.39 Å². The van der Waals surface area contributed by atoms with Crippen LogP contribution in [-0.4, -0.2) is 31.9 Å². The van der Waals surface area contributed by atoms with E-state index in [1.54, 1.807) is 0 Å². The molecule has 9 heteroatoms. The zero-order valence-corrected chi connectivity index (χ0v) is 14.7. The van der Waals surface area contributed by atoms with E-state index in [0.29, 0.717) is 13.1 Å². The van der Waals surface area contributed by atoms with E-state index in [9.17, 15) is 12.8 Å². The Morgan fingerprint density at radius 1 is 1.18 bits per heavy atom. The van der Waals surface area contributed by atoms with Crippen LogP contribution >= 0.6 is 35.6 Å². The Morgan fingerprint density at radius 2 is 1.77 bits per heavy atom. The summed E-state index contributed by atoms with van der Waals surface area (Å²) in [6.45, 7) is 0.795. The Balaban J connectivity index is 0.00000176. The molecule has 3 atom stereocenters. The van der Waals surface area contributed by atoms with Gasteiger partial charge in [-0.2, -0.15) is 4.31 Å². The van der Waals surface area contributed by atoms with Gasteiger partial charge in [-0.3, -0.25) is 0 Å². The smallest absolute Gasteiger partial charge is 0.246 e. The van der Waals surface area contributed by atoms with Gasteiger partial charge in [0.15, 0.2) is 0 Å². The molecule has 124 valence electrons. The highest BCUT2D eigenvalue weighted by Gasteiger charge is 2.45. The van der Waals surface area contributed by atoms with Gasteiger partial charge in [0.05, 0.1) is 10.0 Å². The summed E-state index contributed by atoms with van der Waals surface area (Å²) in [5.41, 5.74) is 6.02. The van der Waals surface area contributed by atoms with Crippen LogP contribution in [0.2, 0.25) is 10.0 Å². The molecule has 2 fully saturated rings. The largest absolute Gasteiger partial charge is 0.327 e. The van der Waals surface area contributed by atoms with Gasteiger partial charge in [-0.05, 0) is 36.8 Å². The fraction of sp³-hybridized carbons (Fsp3) is 0.538. The van der Waals surface area contributed by atoms with Crippen LogP contribution in [0.1, 0.15) is 12.8 Å². The number of halogens is 4. The van der Waals surface area contributed by atoms with E-state index in [1.807, 2.05) is 0 Å². The number of hydrogen-bond donors (Lipinski definition) is 1. The minimum atomic E-state index is -3.84. The van der Waals surface area contributed by atoms with Crippen molar-refractivity contribution < 1.29 is 12.8 Å². The van der Waals surface area contributed by atoms with E-state index in [-0.39, 0.29) is 45.2 Å². The Bertz CT molecular complexity index is 663. The maximum Gasteiger partial charge on any atom is 0.246 e. The molecule has 0 spiro atoms. The summed E-state index contributed by atoms with van der Waals surface area (Å²) >= 11 is 11.8. The van der Waals surface area contributed by atoms with Crippen molar-refractivity contribution in [3.05, 3.63) is 28.0 Å². The molecule has 1 heterocycles. The van der Waals surface area contributed by atoms with Gasteiger partial charge in [0.25, 0.3) is 0 Å². The van der Waals surface area contributed by atoms with E-state index in [2.05, 4.69) is 0 Å². The molecule has 0 radical (unpaired) electrons. The summed E-state index contributed by atoms with van der Waals surface area (Å²) in [4.78, 5) is -0.222. The van der Waals surface area contributed by atoms with E-state index in [4.69, 9.17) is 28.9 Å². The molecular formula is C13H16Cl3FN2O2S. The molecule has 22 heavy (non-hydrogen) atoms. The Hall–Kier alpha value is -0.110. The highest BCUT2D eigenvalue weighted by Crippen LogP contribution is 2.41. The van der Waals surface area contributed by atoms with Gasteiger partial charge in [0.1, 0.15) is 10.7 Å². The number of fused-ring (bicyclic) bond motifs is 1. The van der Waals surface area contributed by atoms with E-state index in [1.165, 1.54) is 4.31 Å². The average molecular weight is 390 g/mol. The molecule has 2 aliphatic rings. The highest BCUT2D eigenvalue weighted by molar-refractivity contribution is 7.89. The fourth-order valence-corrected chi connectivity index (χ4v) is 6.04. The summed E-state index contributed by atoms with van der Waals surface area (Å²) in [5.74, 6) is -0.199. The Labute approximate surface area is 145 Å². The van der Waals surface area contributed by atoms with Gasteiger partial charge in [-0.25, -0.2) is 12.8 Å². The molecule has 1 saturated carbocycles. The topological polar surface area (TPSA) is 63.4 Å². The van der Waals surface area contributed by atoms with E-state index in [0.717, 1.165) is 25.0 Å². The molecule has 1 aromatic carbocycles. The fourth-order valence-electron chi connectivity index (χ4n) is 3.37. The van der Waals surface area contributed by atoms with Gasteiger partial charge in [0, 0.05) is 19.1 Å². The second-order valence-corrected chi connectivity index (χ2v) is 8.37. The summed E-state index contributed by atoms with van der Waals surface area (Å²) in [6.07, 6.45) is 1.87. The molecule has 4 nitrogen and oxygen atoms in total. The molecule has 1 saturated heterocycles. The summed E-state index contributed by atoms with van der Waals surface area (Å²) in [7, 11) is -3.84. The molecular weight excluding hydrogens is 374 g/mol. The SMILES string of the molecule is Cl.NC1CCC2CN(S(=O)(=O)c3c(Cl)cc(F)cc3Cl)CC12.